The Bertz CT molecular complexity index is 515. The number of benzene rings is 1. The number of rotatable bonds is 5. The fourth-order valence-electron chi connectivity index (χ4n) is 2.01. The van der Waals surface area contributed by atoms with Gasteiger partial charge in [0.25, 0.3) is 0 Å². The number of aryl methyl sites for hydroxylation is 1. The number of methoxy groups -OCH3 is 1. The summed E-state index contributed by atoms with van der Waals surface area (Å²) in [6, 6.07) is 7.87. The topological polar surface area (TPSA) is 47.3 Å². The van der Waals surface area contributed by atoms with Crippen molar-refractivity contribution in [1.82, 2.24) is 9.78 Å². The van der Waals surface area contributed by atoms with E-state index in [1.165, 1.54) is 4.90 Å². The SMILES string of the molecule is CCn1ncc(OC)c1C(O)c1ccc(SC)cc1. The highest BCUT2D eigenvalue weighted by molar-refractivity contribution is 7.98. The van der Waals surface area contributed by atoms with Crippen LogP contribution in [0, 0.1) is 0 Å². The minimum Gasteiger partial charge on any atom is -0.493 e. The highest BCUT2D eigenvalue weighted by atomic mass is 32.2. The van der Waals surface area contributed by atoms with Gasteiger partial charge in [0.15, 0.2) is 5.75 Å². The summed E-state index contributed by atoms with van der Waals surface area (Å²) in [6.45, 7) is 2.68. The Labute approximate surface area is 117 Å². The first kappa shape index (κ1) is 14.0. The number of hydrogen-bond donors (Lipinski definition) is 1. The summed E-state index contributed by atoms with van der Waals surface area (Å²) in [7, 11) is 1.59. The number of thioether (sulfide) groups is 1. The molecule has 0 aliphatic carbocycles. The summed E-state index contributed by atoms with van der Waals surface area (Å²) in [5.74, 6) is 0.614. The second-order valence-corrected chi connectivity index (χ2v) is 4.97. The van der Waals surface area contributed by atoms with E-state index >= 15 is 0 Å². The van der Waals surface area contributed by atoms with Gasteiger partial charge >= 0.3 is 0 Å². The van der Waals surface area contributed by atoms with Gasteiger partial charge in [0, 0.05) is 11.4 Å². The molecule has 1 unspecified atom stereocenters. The summed E-state index contributed by atoms with van der Waals surface area (Å²) in [4.78, 5) is 1.17. The fraction of sp³-hybridized carbons (Fsp3) is 0.357. The molecule has 0 saturated carbocycles. The van der Waals surface area contributed by atoms with Gasteiger partial charge in [-0.15, -0.1) is 11.8 Å². The summed E-state index contributed by atoms with van der Waals surface area (Å²) in [5, 5.41) is 14.7. The van der Waals surface area contributed by atoms with E-state index < -0.39 is 6.10 Å². The lowest BCUT2D eigenvalue weighted by atomic mass is 10.1. The first-order valence-corrected chi connectivity index (χ1v) is 7.35. The summed E-state index contributed by atoms with van der Waals surface area (Å²) < 4.78 is 7.02. The summed E-state index contributed by atoms with van der Waals surface area (Å²) in [5.41, 5.74) is 1.54. The zero-order valence-electron chi connectivity index (χ0n) is 11.3. The summed E-state index contributed by atoms with van der Waals surface area (Å²) >= 11 is 1.68. The van der Waals surface area contributed by atoms with Crippen LogP contribution in [0.15, 0.2) is 35.4 Å². The molecule has 0 fully saturated rings. The van der Waals surface area contributed by atoms with Crippen LogP contribution in [0.2, 0.25) is 0 Å². The molecule has 19 heavy (non-hydrogen) atoms. The Morgan fingerprint density at radius 2 is 2.05 bits per heavy atom. The van der Waals surface area contributed by atoms with E-state index in [1.54, 1.807) is 29.8 Å². The van der Waals surface area contributed by atoms with E-state index in [-0.39, 0.29) is 0 Å². The molecule has 0 amide bonds. The molecule has 5 heteroatoms. The zero-order chi connectivity index (χ0) is 13.8. The van der Waals surface area contributed by atoms with Gasteiger partial charge in [-0.05, 0) is 30.9 Å². The van der Waals surface area contributed by atoms with E-state index in [2.05, 4.69) is 5.10 Å². The van der Waals surface area contributed by atoms with E-state index in [0.29, 0.717) is 18.0 Å². The van der Waals surface area contributed by atoms with Gasteiger partial charge in [-0.3, -0.25) is 4.68 Å². The molecule has 2 aromatic rings. The van der Waals surface area contributed by atoms with Crippen LogP contribution >= 0.6 is 11.8 Å². The van der Waals surface area contributed by atoms with Crippen LogP contribution in [0.4, 0.5) is 0 Å². The van der Waals surface area contributed by atoms with Crippen molar-refractivity contribution in [1.29, 1.82) is 0 Å². The third-order valence-corrected chi connectivity index (χ3v) is 3.80. The molecular formula is C14H18N2O2S. The second-order valence-electron chi connectivity index (χ2n) is 4.09. The zero-order valence-corrected chi connectivity index (χ0v) is 12.1. The largest absolute Gasteiger partial charge is 0.493 e. The normalized spacial score (nSPS) is 12.4. The molecule has 0 aliphatic rings. The third-order valence-electron chi connectivity index (χ3n) is 3.05. The monoisotopic (exact) mass is 278 g/mol. The third kappa shape index (κ3) is 2.77. The molecule has 1 atom stereocenters. The van der Waals surface area contributed by atoms with E-state index in [1.807, 2.05) is 37.4 Å². The van der Waals surface area contributed by atoms with Crippen LogP contribution in [0.1, 0.15) is 24.3 Å². The molecule has 4 nitrogen and oxygen atoms in total. The van der Waals surface area contributed by atoms with Gasteiger partial charge in [-0.1, -0.05) is 12.1 Å². The van der Waals surface area contributed by atoms with Gasteiger partial charge in [0.1, 0.15) is 11.8 Å². The van der Waals surface area contributed by atoms with Crippen LogP contribution in [0.5, 0.6) is 5.75 Å². The number of nitrogens with zero attached hydrogens (tertiary/aromatic N) is 2. The molecule has 102 valence electrons. The molecule has 2 rings (SSSR count). The quantitative estimate of drug-likeness (QED) is 0.854. The molecular weight excluding hydrogens is 260 g/mol. The van der Waals surface area contributed by atoms with Crippen LogP contribution in [0.3, 0.4) is 0 Å². The lowest BCUT2D eigenvalue weighted by Crippen LogP contribution is -2.10. The molecule has 1 heterocycles. The average Bonchev–Trinajstić information content (AvgIpc) is 2.89. The lowest BCUT2D eigenvalue weighted by molar-refractivity contribution is 0.202. The Hall–Kier alpha value is -1.46. The van der Waals surface area contributed by atoms with Crippen molar-refractivity contribution in [3.05, 3.63) is 41.7 Å². The van der Waals surface area contributed by atoms with Crippen molar-refractivity contribution in [3.8, 4) is 5.75 Å². The van der Waals surface area contributed by atoms with Crippen molar-refractivity contribution < 1.29 is 9.84 Å². The number of aliphatic hydroxyl groups is 1. The molecule has 0 radical (unpaired) electrons. The smallest absolute Gasteiger partial charge is 0.163 e. The minimum atomic E-state index is -0.728. The standard InChI is InChI=1S/C14H18N2O2S/c1-4-16-13(12(18-2)9-15-16)14(17)10-5-7-11(19-3)8-6-10/h5-9,14,17H,4H2,1-3H3. The van der Waals surface area contributed by atoms with Crippen LogP contribution in [0.25, 0.3) is 0 Å². The van der Waals surface area contributed by atoms with Crippen LogP contribution in [-0.4, -0.2) is 28.3 Å². The Balaban J connectivity index is 2.36. The molecule has 0 saturated heterocycles. The second kappa shape index (κ2) is 6.12. The average molecular weight is 278 g/mol. The van der Waals surface area contributed by atoms with Gasteiger partial charge in [0.05, 0.1) is 13.3 Å². The number of aromatic nitrogens is 2. The Kier molecular flexibility index (Phi) is 4.50. The van der Waals surface area contributed by atoms with Gasteiger partial charge < -0.3 is 9.84 Å². The highest BCUT2D eigenvalue weighted by Crippen LogP contribution is 2.30. The van der Waals surface area contributed by atoms with E-state index in [9.17, 15) is 5.11 Å². The maximum absolute atomic E-state index is 10.5. The molecule has 0 spiro atoms. The van der Waals surface area contributed by atoms with Crippen LogP contribution in [-0.2, 0) is 6.54 Å². The Morgan fingerprint density at radius 1 is 1.37 bits per heavy atom. The maximum Gasteiger partial charge on any atom is 0.163 e. The highest BCUT2D eigenvalue weighted by Gasteiger charge is 2.20. The predicted octanol–water partition coefficient (Wildman–Crippen LogP) is 2.72. The van der Waals surface area contributed by atoms with Crippen LogP contribution < -0.4 is 4.74 Å². The first-order chi connectivity index (χ1) is 9.21. The van der Waals surface area contributed by atoms with Gasteiger partial charge in [0.2, 0.25) is 0 Å². The van der Waals surface area contributed by atoms with Crippen molar-refractivity contribution in [2.45, 2.75) is 24.5 Å². The van der Waals surface area contributed by atoms with E-state index in [0.717, 1.165) is 5.56 Å². The fourth-order valence-corrected chi connectivity index (χ4v) is 2.42. The first-order valence-electron chi connectivity index (χ1n) is 6.13. The van der Waals surface area contributed by atoms with Crippen molar-refractivity contribution in [2.24, 2.45) is 0 Å². The van der Waals surface area contributed by atoms with Crippen molar-refractivity contribution in [3.63, 3.8) is 0 Å². The maximum atomic E-state index is 10.5. The van der Waals surface area contributed by atoms with Gasteiger partial charge in [-0.25, -0.2) is 0 Å². The number of ether oxygens (including phenoxy) is 1. The molecule has 1 aromatic carbocycles. The minimum absolute atomic E-state index is 0.614. The van der Waals surface area contributed by atoms with Gasteiger partial charge in [-0.2, -0.15) is 5.10 Å². The number of aliphatic hydroxyl groups excluding tert-OH is 1. The molecule has 1 N–H and O–H groups in total. The summed E-state index contributed by atoms with van der Waals surface area (Å²) in [6.07, 6.45) is 2.94. The van der Waals surface area contributed by atoms with Crippen molar-refractivity contribution in [2.75, 3.05) is 13.4 Å². The molecule has 0 aliphatic heterocycles. The Morgan fingerprint density at radius 3 is 2.58 bits per heavy atom. The lowest BCUT2D eigenvalue weighted by Gasteiger charge is -2.14. The van der Waals surface area contributed by atoms with E-state index in [4.69, 9.17) is 4.74 Å². The molecule has 0 bridgehead atoms. The van der Waals surface area contributed by atoms with Crippen molar-refractivity contribution >= 4 is 11.8 Å². The predicted molar refractivity (Wildman–Crippen MR) is 76.7 cm³/mol. The molecule has 1 aromatic heterocycles. The number of hydrogen-bond acceptors (Lipinski definition) is 4.